The minimum Gasteiger partial charge on any atom is -0.508 e. The van der Waals surface area contributed by atoms with E-state index >= 15 is 0 Å². The third-order valence-corrected chi connectivity index (χ3v) is 1.61. The molecule has 4 heteroatoms. The number of aromatic carboxylic acids is 1. The smallest absolute Gasteiger partial charge is 0.336 e. The lowest BCUT2D eigenvalue weighted by atomic mass is 10.0. The molecule has 0 saturated carbocycles. The second-order valence-corrected chi connectivity index (χ2v) is 2.59. The molecule has 1 rings (SSSR count). The predicted molar refractivity (Wildman–Crippen MR) is 45.1 cm³/mol. The minimum absolute atomic E-state index is 0.102. The zero-order valence-corrected chi connectivity index (χ0v) is 6.94. The largest absolute Gasteiger partial charge is 0.508 e. The number of carbonyl (C=O) groups is 2. The Morgan fingerprint density at radius 2 is 1.85 bits per heavy atom. The van der Waals surface area contributed by atoms with Crippen molar-refractivity contribution in [1.82, 2.24) is 0 Å². The first kappa shape index (κ1) is 9.25. The Morgan fingerprint density at radius 1 is 1.23 bits per heavy atom. The fraction of sp³-hybridized carbons (Fsp3) is 0.111. The van der Waals surface area contributed by atoms with Gasteiger partial charge in [-0.25, -0.2) is 4.79 Å². The van der Waals surface area contributed by atoms with Gasteiger partial charge in [-0.1, -0.05) is 0 Å². The summed E-state index contributed by atoms with van der Waals surface area (Å²) in [6.45, 7) is 1.28. The van der Waals surface area contributed by atoms with Crippen molar-refractivity contribution in [3.8, 4) is 5.75 Å². The summed E-state index contributed by atoms with van der Waals surface area (Å²) >= 11 is 0. The highest BCUT2D eigenvalue weighted by atomic mass is 16.4. The van der Waals surface area contributed by atoms with Crippen molar-refractivity contribution >= 4 is 11.8 Å². The number of hydrogen-bond donors (Lipinski definition) is 2. The van der Waals surface area contributed by atoms with E-state index in [1.165, 1.54) is 19.1 Å². The molecule has 0 radical (unpaired) electrons. The molecule has 13 heavy (non-hydrogen) atoms. The first-order valence-electron chi connectivity index (χ1n) is 3.59. The topological polar surface area (TPSA) is 74.6 Å². The molecule has 1 aromatic rings. The highest BCUT2D eigenvalue weighted by Gasteiger charge is 2.13. The van der Waals surface area contributed by atoms with E-state index in [0.29, 0.717) is 0 Å². The van der Waals surface area contributed by atoms with Gasteiger partial charge < -0.3 is 10.2 Å². The predicted octanol–water partition coefficient (Wildman–Crippen LogP) is 1.29. The van der Waals surface area contributed by atoms with Gasteiger partial charge in [0.2, 0.25) is 0 Å². The third kappa shape index (κ3) is 1.84. The Morgan fingerprint density at radius 3 is 2.31 bits per heavy atom. The van der Waals surface area contributed by atoms with E-state index in [1.54, 1.807) is 0 Å². The van der Waals surface area contributed by atoms with Crippen molar-refractivity contribution in [2.24, 2.45) is 0 Å². The highest BCUT2D eigenvalue weighted by Crippen LogP contribution is 2.16. The van der Waals surface area contributed by atoms with Gasteiger partial charge in [0.05, 0.1) is 5.56 Å². The van der Waals surface area contributed by atoms with Gasteiger partial charge >= 0.3 is 5.97 Å². The first-order valence-corrected chi connectivity index (χ1v) is 3.59. The number of carboxylic acids is 1. The molecule has 0 saturated heterocycles. The third-order valence-electron chi connectivity index (χ3n) is 1.61. The van der Waals surface area contributed by atoms with Crippen molar-refractivity contribution in [3.05, 3.63) is 29.3 Å². The number of Topliss-reactive ketones (excluding diaryl/α,β-unsaturated/α-hetero) is 1. The average Bonchev–Trinajstić information content (AvgIpc) is 2.03. The molecule has 4 nitrogen and oxygen atoms in total. The molecule has 0 aromatic heterocycles. The summed E-state index contributed by atoms with van der Waals surface area (Å²) in [5.74, 6) is -1.72. The molecule has 68 valence electrons. The van der Waals surface area contributed by atoms with E-state index in [9.17, 15) is 9.59 Å². The Hall–Kier alpha value is -1.84. The van der Waals surface area contributed by atoms with Crippen LogP contribution in [0.25, 0.3) is 0 Å². The van der Waals surface area contributed by atoms with Gasteiger partial charge in [0, 0.05) is 5.56 Å². The maximum absolute atomic E-state index is 10.9. The van der Waals surface area contributed by atoms with Crippen LogP contribution in [0.2, 0.25) is 0 Å². The van der Waals surface area contributed by atoms with Crippen molar-refractivity contribution in [2.75, 3.05) is 0 Å². The fourth-order valence-electron chi connectivity index (χ4n) is 1.02. The maximum Gasteiger partial charge on any atom is 0.336 e. The molecule has 0 heterocycles. The summed E-state index contributed by atoms with van der Waals surface area (Å²) in [6.07, 6.45) is 0. The van der Waals surface area contributed by atoms with Crippen LogP contribution >= 0.6 is 0 Å². The second-order valence-electron chi connectivity index (χ2n) is 2.59. The van der Waals surface area contributed by atoms with Crippen LogP contribution in [0.5, 0.6) is 5.75 Å². The number of aromatic hydroxyl groups is 1. The summed E-state index contributed by atoms with van der Waals surface area (Å²) in [4.78, 5) is 21.6. The fourth-order valence-corrected chi connectivity index (χ4v) is 1.02. The van der Waals surface area contributed by atoms with E-state index in [1.807, 2.05) is 0 Å². The van der Waals surface area contributed by atoms with Gasteiger partial charge in [0.1, 0.15) is 5.75 Å². The van der Waals surface area contributed by atoms with E-state index < -0.39 is 5.97 Å². The second kappa shape index (κ2) is 3.26. The molecule has 0 amide bonds. The van der Waals surface area contributed by atoms with Crippen molar-refractivity contribution in [1.29, 1.82) is 0 Å². The van der Waals surface area contributed by atoms with E-state index in [0.717, 1.165) is 6.07 Å². The molecule has 0 aliphatic carbocycles. The summed E-state index contributed by atoms with van der Waals surface area (Å²) in [7, 11) is 0. The molecule has 0 unspecified atom stereocenters. The number of rotatable bonds is 2. The lowest BCUT2D eigenvalue weighted by molar-refractivity contribution is 0.0692. The number of hydrogen-bond acceptors (Lipinski definition) is 3. The van der Waals surface area contributed by atoms with Crippen molar-refractivity contribution in [3.63, 3.8) is 0 Å². The standard InChI is InChI=1S/C9H8O4/c1-5(10)7-3-2-6(11)4-8(7)9(12)13/h2-4,11H,1H3,(H,12,13). The molecule has 0 atom stereocenters. The van der Waals surface area contributed by atoms with Gasteiger partial charge in [0.15, 0.2) is 5.78 Å². The minimum atomic E-state index is -1.22. The molecular formula is C9H8O4. The Kier molecular flexibility index (Phi) is 2.32. The number of carbonyl (C=O) groups excluding carboxylic acids is 1. The Labute approximate surface area is 74.4 Å². The first-order chi connectivity index (χ1) is 6.02. The van der Waals surface area contributed by atoms with Gasteiger partial charge in [-0.05, 0) is 25.1 Å². The van der Waals surface area contributed by atoms with Crippen LogP contribution in [-0.2, 0) is 0 Å². The van der Waals surface area contributed by atoms with Gasteiger partial charge in [-0.15, -0.1) is 0 Å². The maximum atomic E-state index is 10.9. The molecule has 0 bridgehead atoms. The normalized spacial score (nSPS) is 9.62. The number of phenolic OH excluding ortho intramolecular Hbond substituents is 1. The number of ketones is 1. The quantitative estimate of drug-likeness (QED) is 0.672. The highest BCUT2D eigenvalue weighted by molar-refractivity contribution is 6.05. The number of carboxylic acid groups (broad SMARTS) is 1. The van der Waals surface area contributed by atoms with Crippen LogP contribution in [0.1, 0.15) is 27.6 Å². The summed E-state index contributed by atoms with van der Waals surface area (Å²) in [5, 5.41) is 17.7. The summed E-state index contributed by atoms with van der Waals surface area (Å²) in [6, 6.07) is 3.63. The van der Waals surface area contributed by atoms with Gasteiger partial charge in [0.25, 0.3) is 0 Å². The zero-order valence-electron chi connectivity index (χ0n) is 6.94. The van der Waals surface area contributed by atoms with Crippen molar-refractivity contribution < 1.29 is 19.8 Å². The lowest BCUT2D eigenvalue weighted by Gasteiger charge is -2.01. The van der Waals surface area contributed by atoms with Crippen LogP contribution in [-0.4, -0.2) is 22.0 Å². The molecule has 0 fully saturated rings. The van der Waals surface area contributed by atoms with Crippen LogP contribution < -0.4 is 0 Å². The average molecular weight is 180 g/mol. The Bertz CT molecular complexity index is 368. The zero-order chi connectivity index (χ0) is 10.0. The van der Waals surface area contributed by atoms with Gasteiger partial charge in [-0.2, -0.15) is 0 Å². The van der Waals surface area contributed by atoms with Crippen LogP contribution in [0.15, 0.2) is 18.2 Å². The molecule has 2 N–H and O–H groups in total. The van der Waals surface area contributed by atoms with Gasteiger partial charge in [-0.3, -0.25) is 4.79 Å². The van der Waals surface area contributed by atoms with Crippen LogP contribution in [0, 0.1) is 0 Å². The lowest BCUT2D eigenvalue weighted by Crippen LogP contribution is -2.05. The van der Waals surface area contributed by atoms with E-state index in [4.69, 9.17) is 10.2 Å². The molecule has 0 spiro atoms. The van der Waals surface area contributed by atoms with E-state index in [-0.39, 0.29) is 22.7 Å². The molecule has 0 aliphatic heterocycles. The molecular weight excluding hydrogens is 172 g/mol. The van der Waals surface area contributed by atoms with E-state index in [2.05, 4.69) is 0 Å². The SMILES string of the molecule is CC(=O)c1ccc(O)cc1C(=O)O. The summed E-state index contributed by atoms with van der Waals surface area (Å²) < 4.78 is 0. The summed E-state index contributed by atoms with van der Waals surface area (Å²) in [5.41, 5.74) is -0.0715. The molecule has 0 aliphatic rings. The van der Waals surface area contributed by atoms with Crippen molar-refractivity contribution in [2.45, 2.75) is 6.92 Å². The molecule has 1 aromatic carbocycles. The van der Waals surface area contributed by atoms with Crippen LogP contribution in [0.4, 0.5) is 0 Å². The number of phenols is 1. The van der Waals surface area contributed by atoms with Crippen LogP contribution in [0.3, 0.4) is 0 Å². The Balaban J connectivity index is 3.35. The monoisotopic (exact) mass is 180 g/mol. The number of benzene rings is 1.